The van der Waals surface area contributed by atoms with Crippen molar-refractivity contribution in [1.82, 2.24) is 20.7 Å². The SMILES string of the molecule is CC(C)CN(NC(=O)OCC1CCNCC1)c1ccnc(C#N)n1. The Kier molecular flexibility index (Phi) is 6.75. The number of amides is 1. The van der Waals surface area contributed by atoms with Crippen molar-refractivity contribution >= 4 is 11.9 Å². The Morgan fingerprint density at radius 3 is 2.96 bits per heavy atom. The Morgan fingerprint density at radius 1 is 1.54 bits per heavy atom. The number of hydrogen-bond donors (Lipinski definition) is 2. The Bertz CT molecular complexity index is 580. The molecule has 0 aliphatic carbocycles. The molecule has 1 aromatic rings. The van der Waals surface area contributed by atoms with E-state index in [4.69, 9.17) is 10.00 Å². The fourth-order valence-electron chi connectivity index (χ4n) is 2.50. The van der Waals surface area contributed by atoms with E-state index in [2.05, 4.69) is 20.7 Å². The monoisotopic (exact) mass is 332 g/mol. The maximum absolute atomic E-state index is 12.1. The number of piperidine rings is 1. The van der Waals surface area contributed by atoms with Gasteiger partial charge in [-0.1, -0.05) is 13.8 Å². The number of carbonyl (C=O) groups excluding carboxylic acids is 1. The molecule has 24 heavy (non-hydrogen) atoms. The van der Waals surface area contributed by atoms with E-state index >= 15 is 0 Å². The number of aromatic nitrogens is 2. The average molecular weight is 332 g/mol. The Morgan fingerprint density at radius 2 is 2.29 bits per heavy atom. The van der Waals surface area contributed by atoms with Crippen molar-refractivity contribution in [2.24, 2.45) is 11.8 Å². The van der Waals surface area contributed by atoms with Crippen molar-refractivity contribution in [1.29, 1.82) is 5.26 Å². The summed E-state index contributed by atoms with van der Waals surface area (Å²) in [5.41, 5.74) is 2.71. The molecule has 1 fully saturated rings. The smallest absolute Gasteiger partial charge is 0.426 e. The molecule has 8 heteroatoms. The molecule has 130 valence electrons. The van der Waals surface area contributed by atoms with Crippen molar-refractivity contribution in [2.45, 2.75) is 26.7 Å². The molecule has 0 atom stereocenters. The van der Waals surface area contributed by atoms with Crippen LogP contribution in [-0.2, 0) is 4.74 Å². The second-order valence-corrected chi connectivity index (χ2v) is 6.26. The summed E-state index contributed by atoms with van der Waals surface area (Å²) in [5.74, 6) is 1.22. The molecule has 0 radical (unpaired) electrons. The molecule has 2 rings (SSSR count). The molecule has 1 saturated heterocycles. The van der Waals surface area contributed by atoms with Gasteiger partial charge in [-0.3, -0.25) is 5.01 Å². The molecular formula is C16H24N6O2. The lowest BCUT2D eigenvalue weighted by molar-refractivity contribution is 0.117. The number of nitrogens with zero attached hydrogens (tertiary/aromatic N) is 4. The highest BCUT2D eigenvalue weighted by Gasteiger charge is 2.18. The molecule has 1 amide bonds. The summed E-state index contributed by atoms with van der Waals surface area (Å²) < 4.78 is 5.34. The van der Waals surface area contributed by atoms with E-state index in [1.165, 1.54) is 6.20 Å². The van der Waals surface area contributed by atoms with Gasteiger partial charge in [0.2, 0.25) is 5.82 Å². The van der Waals surface area contributed by atoms with Crippen LogP contribution < -0.4 is 15.8 Å². The third-order valence-electron chi connectivity index (χ3n) is 3.70. The van der Waals surface area contributed by atoms with Gasteiger partial charge >= 0.3 is 6.09 Å². The van der Waals surface area contributed by atoms with Crippen molar-refractivity contribution in [3.8, 4) is 6.07 Å². The molecule has 0 aromatic carbocycles. The van der Waals surface area contributed by atoms with E-state index < -0.39 is 6.09 Å². The van der Waals surface area contributed by atoms with Crippen LogP contribution in [0.4, 0.5) is 10.6 Å². The first-order valence-electron chi connectivity index (χ1n) is 8.23. The standard InChI is InChI=1S/C16H24N6O2/c1-12(2)10-22(15-5-8-19-14(9-17)20-15)21-16(23)24-11-13-3-6-18-7-4-13/h5,8,12-13,18H,3-4,6-7,10-11H2,1-2H3,(H,21,23). The van der Waals surface area contributed by atoms with Gasteiger partial charge in [0.05, 0.1) is 6.61 Å². The summed E-state index contributed by atoms with van der Waals surface area (Å²) >= 11 is 0. The summed E-state index contributed by atoms with van der Waals surface area (Å²) in [5, 5.41) is 13.8. The number of nitrogens with one attached hydrogen (secondary N) is 2. The Balaban J connectivity index is 1.94. The maximum atomic E-state index is 12.1. The van der Waals surface area contributed by atoms with Gasteiger partial charge in [0.25, 0.3) is 0 Å². The van der Waals surface area contributed by atoms with Gasteiger partial charge in [0, 0.05) is 18.8 Å². The van der Waals surface area contributed by atoms with E-state index in [1.807, 2.05) is 19.9 Å². The summed E-state index contributed by atoms with van der Waals surface area (Å²) in [6.07, 6.45) is 3.02. The van der Waals surface area contributed by atoms with Gasteiger partial charge in [-0.2, -0.15) is 10.2 Å². The highest BCUT2D eigenvalue weighted by molar-refractivity contribution is 5.69. The number of hydrazine groups is 1. The van der Waals surface area contributed by atoms with Crippen LogP contribution in [0.5, 0.6) is 0 Å². The van der Waals surface area contributed by atoms with Crippen molar-refractivity contribution in [2.75, 3.05) is 31.3 Å². The lowest BCUT2D eigenvalue weighted by atomic mass is 9.99. The highest BCUT2D eigenvalue weighted by atomic mass is 16.6. The maximum Gasteiger partial charge on any atom is 0.426 e. The largest absolute Gasteiger partial charge is 0.448 e. The number of hydrogen-bond acceptors (Lipinski definition) is 7. The first-order valence-corrected chi connectivity index (χ1v) is 8.23. The highest BCUT2D eigenvalue weighted by Crippen LogP contribution is 2.13. The molecule has 1 aromatic heterocycles. The zero-order chi connectivity index (χ0) is 17.4. The van der Waals surface area contributed by atoms with E-state index in [-0.39, 0.29) is 11.7 Å². The second-order valence-electron chi connectivity index (χ2n) is 6.26. The van der Waals surface area contributed by atoms with E-state index in [0.717, 1.165) is 25.9 Å². The predicted molar refractivity (Wildman–Crippen MR) is 89.0 cm³/mol. The fourth-order valence-corrected chi connectivity index (χ4v) is 2.50. The summed E-state index contributed by atoms with van der Waals surface area (Å²) in [6.45, 7) is 6.95. The van der Waals surface area contributed by atoms with Crippen LogP contribution >= 0.6 is 0 Å². The van der Waals surface area contributed by atoms with Gasteiger partial charge < -0.3 is 10.1 Å². The Labute approximate surface area is 142 Å². The summed E-state index contributed by atoms with van der Waals surface area (Å²) in [6, 6.07) is 3.55. The normalized spacial score (nSPS) is 14.9. The minimum Gasteiger partial charge on any atom is -0.448 e. The minimum absolute atomic E-state index is 0.0612. The van der Waals surface area contributed by atoms with Crippen molar-refractivity contribution in [3.63, 3.8) is 0 Å². The van der Waals surface area contributed by atoms with Crippen LogP contribution in [0.15, 0.2) is 12.3 Å². The van der Waals surface area contributed by atoms with Gasteiger partial charge in [-0.05, 0) is 37.8 Å². The average Bonchev–Trinajstić information content (AvgIpc) is 2.60. The predicted octanol–water partition coefficient (Wildman–Crippen LogP) is 1.45. The lowest BCUT2D eigenvalue weighted by Gasteiger charge is -2.26. The zero-order valence-corrected chi connectivity index (χ0v) is 14.2. The van der Waals surface area contributed by atoms with E-state index in [0.29, 0.717) is 24.9 Å². The molecular weight excluding hydrogens is 308 g/mol. The molecule has 2 N–H and O–H groups in total. The zero-order valence-electron chi connectivity index (χ0n) is 14.2. The van der Waals surface area contributed by atoms with E-state index in [9.17, 15) is 4.79 Å². The van der Waals surface area contributed by atoms with Gasteiger partial charge in [0.1, 0.15) is 6.07 Å². The summed E-state index contributed by atoms with van der Waals surface area (Å²) in [4.78, 5) is 20.1. The third kappa shape index (κ3) is 5.66. The van der Waals surface area contributed by atoms with E-state index in [1.54, 1.807) is 11.1 Å². The summed E-state index contributed by atoms with van der Waals surface area (Å²) in [7, 11) is 0. The van der Waals surface area contributed by atoms with Gasteiger partial charge in [-0.15, -0.1) is 0 Å². The minimum atomic E-state index is -0.508. The molecule has 2 heterocycles. The van der Waals surface area contributed by atoms with Crippen LogP contribution in [-0.4, -0.2) is 42.3 Å². The van der Waals surface area contributed by atoms with Gasteiger partial charge in [-0.25, -0.2) is 15.2 Å². The van der Waals surface area contributed by atoms with Crippen LogP contribution in [0.1, 0.15) is 32.5 Å². The third-order valence-corrected chi connectivity index (χ3v) is 3.70. The number of anilines is 1. The first kappa shape index (κ1) is 17.9. The first-order chi connectivity index (χ1) is 11.6. The molecule has 0 spiro atoms. The van der Waals surface area contributed by atoms with Crippen molar-refractivity contribution < 1.29 is 9.53 Å². The van der Waals surface area contributed by atoms with Crippen LogP contribution in [0, 0.1) is 23.2 Å². The molecule has 1 aliphatic heterocycles. The number of nitriles is 1. The molecule has 0 bridgehead atoms. The van der Waals surface area contributed by atoms with Crippen LogP contribution in [0.2, 0.25) is 0 Å². The second kappa shape index (κ2) is 9.03. The molecule has 1 aliphatic rings. The number of carbonyl (C=O) groups is 1. The van der Waals surface area contributed by atoms with Crippen LogP contribution in [0.3, 0.4) is 0 Å². The van der Waals surface area contributed by atoms with Crippen LogP contribution in [0.25, 0.3) is 0 Å². The number of rotatable bonds is 6. The topological polar surface area (TPSA) is 103 Å². The van der Waals surface area contributed by atoms with Gasteiger partial charge in [0.15, 0.2) is 5.82 Å². The molecule has 8 nitrogen and oxygen atoms in total. The number of ether oxygens (including phenoxy) is 1. The fraction of sp³-hybridized carbons (Fsp3) is 0.625. The Hall–Kier alpha value is -2.40. The quantitative estimate of drug-likeness (QED) is 0.760. The lowest BCUT2D eigenvalue weighted by Crippen LogP contribution is -2.45. The van der Waals surface area contributed by atoms with Crippen molar-refractivity contribution in [3.05, 3.63) is 18.1 Å². The molecule has 0 unspecified atom stereocenters. The molecule has 0 saturated carbocycles.